The lowest BCUT2D eigenvalue weighted by Gasteiger charge is -2.15. The summed E-state index contributed by atoms with van der Waals surface area (Å²) in [5, 5.41) is 15.6. The Morgan fingerprint density at radius 2 is 1.94 bits per heavy atom. The number of carboxylic acids is 1. The van der Waals surface area contributed by atoms with Crippen LogP contribution < -0.4 is 5.32 Å². The van der Waals surface area contributed by atoms with Crippen molar-refractivity contribution in [3.8, 4) is 11.3 Å². The number of carbonyl (C=O) groups is 2. The predicted molar refractivity (Wildman–Crippen MR) is 125 cm³/mol. The maximum atomic E-state index is 14.3. The van der Waals surface area contributed by atoms with E-state index in [0.717, 1.165) is 12.0 Å². The monoisotopic (exact) mass is 502 g/mol. The Morgan fingerprint density at radius 1 is 1.23 bits per heavy atom. The molecule has 2 N–H and O–H groups in total. The van der Waals surface area contributed by atoms with Gasteiger partial charge in [0.15, 0.2) is 0 Å². The van der Waals surface area contributed by atoms with Crippen LogP contribution in [-0.4, -0.2) is 28.4 Å². The van der Waals surface area contributed by atoms with Crippen LogP contribution in [0.15, 0.2) is 53.1 Å². The first kappa shape index (κ1) is 24.7. The molecule has 0 bridgehead atoms. The SMILES string of the molecule is CC(OC(=O)Nc1c(-c2ccc(COC3CC3C(C)C(=O)O)cc2)noc1F)c1ccccc1Cl. The Morgan fingerprint density at radius 3 is 2.63 bits per heavy atom. The molecule has 1 amide bonds. The molecule has 184 valence electrons. The largest absolute Gasteiger partial charge is 0.481 e. The molecule has 1 saturated carbocycles. The standard InChI is InChI=1S/C25H24ClFN2O6/c1-13(24(30)31)18-11-20(18)33-12-15-7-9-16(10-8-15)21-22(23(27)35-29-21)28-25(32)34-14(2)17-5-3-4-6-19(17)26/h3-10,13-14,18,20H,11-12H2,1-2H3,(H,28,32)(H,30,31). The summed E-state index contributed by atoms with van der Waals surface area (Å²) in [6.07, 6.45) is -0.899. The molecule has 35 heavy (non-hydrogen) atoms. The fraction of sp³-hybridized carbons (Fsp3) is 0.320. The minimum absolute atomic E-state index is 0.0268. The predicted octanol–water partition coefficient (Wildman–Crippen LogP) is 6.07. The summed E-state index contributed by atoms with van der Waals surface area (Å²) in [5.41, 5.74) is 1.85. The molecule has 1 heterocycles. The lowest BCUT2D eigenvalue weighted by molar-refractivity contribution is -0.142. The van der Waals surface area contributed by atoms with Crippen molar-refractivity contribution in [1.82, 2.24) is 5.16 Å². The third kappa shape index (κ3) is 5.80. The minimum Gasteiger partial charge on any atom is -0.481 e. The first-order chi connectivity index (χ1) is 16.7. The topological polar surface area (TPSA) is 111 Å². The Balaban J connectivity index is 1.37. The molecule has 0 spiro atoms. The van der Waals surface area contributed by atoms with Gasteiger partial charge in [-0.3, -0.25) is 10.1 Å². The molecular weight excluding hydrogens is 479 g/mol. The molecule has 0 saturated heterocycles. The molecule has 1 aliphatic rings. The maximum Gasteiger partial charge on any atom is 0.412 e. The highest BCUT2D eigenvalue weighted by molar-refractivity contribution is 6.31. The quantitative estimate of drug-likeness (QED) is 0.365. The number of carbonyl (C=O) groups excluding carboxylic acids is 1. The average molecular weight is 503 g/mol. The van der Waals surface area contributed by atoms with Gasteiger partial charge in [0.2, 0.25) is 0 Å². The van der Waals surface area contributed by atoms with Crippen molar-refractivity contribution in [2.24, 2.45) is 11.8 Å². The molecule has 1 fully saturated rings. The van der Waals surface area contributed by atoms with E-state index >= 15 is 0 Å². The van der Waals surface area contributed by atoms with Gasteiger partial charge in [0.25, 0.3) is 0 Å². The smallest absolute Gasteiger partial charge is 0.412 e. The number of halogens is 2. The van der Waals surface area contributed by atoms with Crippen molar-refractivity contribution in [2.45, 2.75) is 39.1 Å². The fourth-order valence-electron chi connectivity index (χ4n) is 3.79. The molecule has 1 aromatic heterocycles. The van der Waals surface area contributed by atoms with E-state index in [1.807, 2.05) is 0 Å². The van der Waals surface area contributed by atoms with Crippen molar-refractivity contribution in [3.05, 3.63) is 70.7 Å². The van der Waals surface area contributed by atoms with Crippen molar-refractivity contribution in [1.29, 1.82) is 0 Å². The third-order valence-electron chi connectivity index (χ3n) is 6.01. The molecule has 4 rings (SSSR count). The number of ether oxygens (including phenoxy) is 2. The number of anilines is 1. The number of nitrogens with one attached hydrogen (secondary N) is 1. The van der Waals surface area contributed by atoms with E-state index < -0.39 is 30.1 Å². The number of carboxylic acid groups (broad SMARTS) is 1. The van der Waals surface area contributed by atoms with E-state index in [1.54, 1.807) is 62.4 Å². The number of hydrogen-bond donors (Lipinski definition) is 2. The van der Waals surface area contributed by atoms with Crippen molar-refractivity contribution < 1.29 is 33.1 Å². The van der Waals surface area contributed by atoms with E-state index in [0.29, 0.717) is 22.8 Å². The summed E-state index contributed by atoms with van der Waals surface area (Å²) in [4.78, 5) is 23.5. The van der Waals surface area contributed by atoms with Crippen LogP contribution >= 0.6 is 11.6 Å². The number of hydrogen-bond acceptors (Lipinski definition) is 6. The maximum absolute atomic E-state index is 14.3. The zero-order valence-corrected chi connectivity index (χ0v) is 19.8. The van der Waals surface area contributed by atoms with Crippen LogP contribution in [0.2, 0.25) is 5.02 Å². The highest BCUT2D eigenvalue weighted by Crippen LogP contribution is 2.41. The van der Waals surface area contributed by atoms with Gasteiger partial charge in [-0.1, -0.05) is 66.1 Å². The van der Waals surface area contributed by atoms with Gasteiger partial charge in [0.1, 0.15) is 17.5 Å². The molecule has 2 aromatic carbocycles. The first-order valence-corrected chi connectivity index (χ1v) is 11.4. The zero-order chi connectivity index (χ0) is 25.1. The number of rotatable bonds is 9. The fourth-order valence-corrected chi connectivity index (χ4v) is 4.08. The summed E-state index contributed by atoms with van der Waals surface area (Å²) in [5.74, 6) is -1.23. The molecule has 0 aliphatic heterocycles. The summed E-state index contributed by atoms with van der Waals surface area (Å²) in [6, 6.07) is 12.8. The van der Waals surface area contributed by atoms with E-state index in [-0.39, 0.29) is 23.4 Å². The number of aliphatic carboxylic acids is 1. The Labute approximate surface area is 206 Å². The molecule has 1 aliphatic carbocycles. The van der Waals surface area contributed by atoms with E-state index in [4.69, 9.17) is 26.2 Å². The van der Waals surface area contributed by atoms with Crippen LogP contribution in [0.3, 0.4) is 0 Å². The number of aromatic nitrogens is 1. The lowest BCUT2D eigenvalue weighted by atomic mass is 10.1. The normalized spacial score (nSPS) is 18.5. The summed E-state index contributed by atoms with van der Waals surface area (Å²) in [7, 11) is 0. The van der Waals surface area contributed by atoms with Gasteiger partial charge < -0.3 is 19.1 Å². The number of amides is 1. The van der Waals surface area contributed by atoms with Crippen LogP contribution in [0, 0.1) is 17.8 Å². The highest BCUT2D eigenvalue weighted by atomic mass is 35.5. The second kappa shape index (κ2) is 10.5. The second-order valence-corrected chi connectivity index (χ2v) is 8.85. The van der Waals surface area contributed by atoms with Gasteiger partial charge in [-0.25, -0.2) is 4.79 Å². The Bertz CT molecular complexity index is 1210. The summed E-state index contributed by atoms with van der Waals surface area (Å²) < 4.78 is 30.0. The van der Waals surface area contributed by atoms with Gasteiger partial charge in [0, 0.05) is 22.1 Å². The average Bonchev–Trinajstić information content (AvgIpc) is 3.53. The van der Waals surface area contributed by atoms with Crippen LogP contribution in [0.25, 0.3) is 11.3 Å². The van der Waals surface area contributed by atoms with E-state index in [1.165, 1.54) is 0 Å². The molecule has 0 radical (unpaired) electrons. The number of nitrogens with zero attached hydrogens (tertiary/aromatic N) is 1. The van der Waals surface area contributed by atoms with Crippen molar-refractivity contribution in [3.63, 3.8) is 0 Å². The molecule has 10 heteroatoms. The molecule has 4 atom stereocenters. The second-order valence-electron chi connectivity index (χ2n) is 8.45. The molecule has 8 nitrogen and oxygen atoms in total. The third-order valence-corrected chi connectivity index (χ3v) is 6.35. The molecule has 3 aromatic rings. The minimum atomic E-state index is -1.05. The van der Waals surface area contributed by atoms with Crippen LogP contribution in [0.5, 0.6) is 0 Å². The summed E-state index contributed by atoms with van der Waals surface area (Å²) in [6.45, 7) is 3.65. The first-order valence-electron chi connectivity index (χ1n) is 11.1. The van der Waals surface area contributed by atoms with Crippen molar-refractivity contribution >= 4 is 29.4 Å². The molecule has 4 unspecified atom stereocenters. The highest BCUT2D eigenvalue weighted by Gasteiger charge is 2.44. The van der Waals surface area contributed by atoms with Crippen LogP contribution in [-0.2, 0) is 20.9 Å². The van der Waals surface area contributed by atoms with Crippen LogP contribution in [0.4, 0.5) is 14.9 Å². The van der Waals surface area contributed by atoms with Gasteiger partial charge in [-0.05, 0) is 25.0 Å². The van der Waals surface area contributed by atoms with Crippen molar-refractivity contribution in [2.75, 3.05) is 5.32 Å². The Kier molecular flexibility index (Phi) is 7.37. The van der Waals surface area contributed by atoms with E-state index in [9.17, 15) is 14.0 Å². The van der Waals surface area contributed by atoms with Crippen LogP contribution in [0.1, 0.15) is 37.5 Å². The zero-order valence-electron chi connectivity index (χ0n) is 19.0. The van der Waals surface area contributed by atoms with Gasteiger partial charge in [0.05, 0.1) is 18.6 Å². The lowest BCUT2D eigenvalue weighted by Crippen LogP contribution is -2.17. The molecular formula is C25H24ClFN2O6. The van der Waals surface area contributed by atoms with Gasteiger partial charge >= 0.3 is 18.1 Å². The van der Waals surface area contributed by atoms with Gasteiger partial charge in [-0.15, -0.1) is 0 Å². The van der Waals surface area contributed by atoms with E-state index in [2.05, 4.69) is 15.0 Å². The number of benzene rings is 2. The van der Waals surface area contributed by atoms with Gasteiger partial charge in [-0.2, -0.15) is 4.39 Å². The summed E-state index contributed by atoms with van der Waals surface area (Å²) >= 11 is 6.14. The Hall–Kier alpha value is -3.43.